The molecule has 4 rings (SSSR count). The highest BCUT2D eigenvalue weighted by Crippen LogP contribution is 2.46. The van der Waals surface area contributed by atoms with Crippen LogP contribution in [-0.4, -0.2) is 13.0 Å². The molecule has 0 bridgehead atoms. The highest BCUT2D eigenvalue weighted by molar-refractivity contribution is 9.10. The quantitative estimate of drug-likeness (QED) is 0.635. The first-order valence-electron chi connectivity index (χ1n) is 9.33. The summed E-state index contributed by atoms with van der Waals surface area (Å²) in [5.41, 5.74) is 3.43. The van der Waals surface area contributed by atoms with Crippen molar-refractivity contribution < 1.29 is 9.53 Å². The molecule has 0 saturated carbocycles. The Labute approximate surface area is 172 Å². The Kier molecular flexibility index (Phi) is 4.75. The van der Waals surface area contributed by atoms with Crippen molar-refractivity contribution >= 4 is 38.2 Å². The Bertz CT molecular complexity index is 900. The minimum atomic E-state index is -0.231. The van der Waals surface area contributed by atoms with Crippen LogP contribution in [0.15, 0.2) is 22.7 Å². The lowest BCUT2D eigenvalue weighted by Crippen LogP contribution is -2.38. The van der Waals surface area contributed by atoms with Crippen LogP contribution in [0.2, 0.25) is 0 Å². The van der Waals surface area contributed by atoms with Gasteiger partial charge in [0.25, 0.3) is 5.91 Å². The number of hydrogen-bond acceptors (Lipinski definition) is 4. The molecule has 0 radical (unpaired) electrons. The average molecular weight is 449 g/mol. The van der Waals surface area contributed by atoms with E-state index in [0.717, 1.165) is 45.6 Å². The molecule has 1 aliphatic carbocycles. The number of anilines is 1. The van der Waals surface area contributed by atoms with Crippen LogP contribution in [0, 0.1) is 11.3 Å². The van der Waals surface area contributed by atoms with Crippen molar-refractivity contribution in [2.24, 2.45) is 11.3 Å². The van der Waals surface area contributed by atoms with Crippen molar-refractivity contribution in [3.8, 4) is 5.75 Å². The number of thiophene rings is 1. The van der Waals surface area contributed by atoms with Crippen molar-refractivity contribution in [2.45, 2.75) is 46.2 Å². The second-order valence-corrected chi connectivity index (χ2v) is 10.4. The number of fused-ring (bicyclic) bond motifs is 3. The lowest BCUT2D eigenvalue weighted by atomic mass is 9.72. The zero-order chi connectivity index (χ0) is 19.3. The van der Waals surface area contributed by atoms with E-state index in [9.17, 15) is 4.79 Å². The summed E-state index contributed by atoms with van der Waals surface area (Å²) in [5.74, 6) is 1.48. The van der Waals surface area contributed by atoms with Crippen LogP contribution in [0.1, 0.15) is 59.7 Å². The summed E-state index contributed by atoms with van der Waals surface area (Å²) in [6.07, 6.45) is 2.99. The number of rotatable bonds is 2. The van der Waals surface area contributed by atoms with E-state index in [1.54, 1.807) is 18.4 Å². The maximum absolute atomic E-state index is 12.9. The zero-order valence-corrected chi connectivity index (χ0v) is 18.5. The van der Waals surface area contributed by atoms with Gasteiger partial charge in [-0.25, -0.2) is 0 Å². The highest BCUT2D eigenvalue weighted by atomic mass is 79.9. The van der Waals surface area contributed by atoms with Crippen LogP contribution in [0.25, 0.3) is 0 Å². The third-order valence-electron chi connectivity index (χ3n) is 5.78. The summed E-state index contributed by atoms with van der Waals surface area (Å²) in [6.45, 7) is 6.95. The Morgan fingerprint density at radius 3 is 2.70 bits per heavy atom. The largest absolute Gasteiger partial charge is 0.496 e. The molecule has 0 fully saturated rings. The van der Waals surface area contributed by atoms with Crippen LogP contribution < -0.4 is 15.4 Å². The molecule has 2 N–H and O–H groups in total. The van der Waals surface area contributed by atoms with Gasteiger partial charge in [-0.15, -0.1) is 11.3 Å². The first-order valence-corrected chi connectivity index (χ1v) is 10.9. The van der Waals surface area contributed by atoms with E-state index < -0.39 is 0 Å². The van der Waals surface area contributed by atoms with Crippen molar-refractivity contribution in [3.05, 3.63) is 44.2 Å². The number of ether oxygens (including phenoxy) is 1. The zero-order valence-electron chi connectivity index (χ0n) is 16.1. The van der Waals surface area contributed by atoms with Gasteiger partial charge in [0.2, 0.25) is 0 Å². The minimum Gasteiger partial charge on any atom is -0.496 e. The molecule has 144 valence electrons. The molecule has 2 aliphatic rings. The van der Waals surface area contributed by atoms with Gasteiger partial charge in [0.15, 0.2) is 0 Å². The van der Waals surface area contributed by atoms with E-state index in [0.29, 0.717) is 11.3 Å². The van der Waals surface area contributed by atoms with Gasteiger partial charge in [-0.05, 0) is 69.8 Å². The van der Waals surface area contributed by atoms with E-state index in [4.69, 9.17) is 4.74 Å². The number of hydrogen-bond donors (Lipinski definition) is 2. The molecule has 1 amide bonds. The van der Waals surface area contributed by atoms with Gasteiger partial charge in [0, 0.05) is 4.88 Å². The third-order valence-corrected chi connectivity index (χ3v) is 7.58. The van der Waals surface area contributed by atoms with Crippen LogP contribution in [0.4, 0.5) is 5.00 Å². The van der Waals surface area contributed by atoms with Gasteiger partial charge < -0.3 is 15.4 Å². The van der Waals surface area contributed by atoms with E-state index in [1.165, 1.54) is 10.4 Å². The smallest absolute Gasteiger partial charge is 0.256 e. The second-order valence-electron chi connectivity index (χ2n) is 8.46. The summed E-state index contributed by atoms with van der Waals surface area (Å²) >= 11 is 5.29. The first kappa shape index (κ1) is 18.8. The summed E-state index contributed by atoms with van der Waals surface area (Å²) in [7, 11) is 1.65. The number of nitrogens with one attached hydrogen (secondary N) is 2. The maximum atomic E-state index is 12.9. The molecular weight excluding hydrogens is 424 g/mol. The number of carbonyl (C=O) groups excluding carboxylic acids is 1. The van der Waals surface area contributed by atoms with Crippen LogP contribution in [0.3, 0.4) is 0 Å². The fraction of sp³-hybridized carbons (Fsp3) is 0.476. The predicted molar refractivity (Wildman–Crippen MR) is 114 cm³/mol. The molecule has 2 heterocycles. The molecule has 1 aromatic carbocycles. The van der Waals surface area contributed by atoms with Crippen molar-refractivity contribution in [1.29, 1.82) is 0 Å². The lowest BCUT2D eigenvalue weighted by molar-refractivity contribution is 0.0935. The maximum Gasteiger partial charge on any atom is 0.256 e. The SMILES string of the molecule is COc1ccc(C2NC(=O)c3c(sc4c3CCC(C(C)(C)C)C4)N2)cc1Br. The standard InChI is InChI=1S/C21H25BrN2O2S/c1-21(2,3)12-6-7-13-16(10-12)27-20-17(13)19(25)23-18(24-20)11-5-8-15(26-4)14(22)9-11/h5,8-9,12,18,24H,6-7,10H2,1-4H3,(H,23,25). The van der Waals surface area contributed by atoms with Gasteiger partial charge in [-0.1, -0.05) is 26.8 Å². The van der Waals surface area contributed by atoms with Crippen molar-refractivity contribution in [3.63, 3.8) is 0 Å². The first-order chi connectivity index (χ1) is 12.8. The van der Waals surface area contributed by atoms with Crippen LogP contribution >= 0.6 is 27.3 Å². The number of methoxy groups -OCH3 is 1. The summed E-state index contributed by atoms with van der Waals surface area (Å²) in [4.78, 5) is 14.3. The minimum absolute atomic E-state index is 0.0346. The van der Waals surface area contributed by atoms with Gasteiger partial charge in [-0.2, -0.15) is 0 Å². The number of amides is 1. The number of halogens is 1. The molecule has 1 aromatic heterocycles. The van der Waals surface area contributed by atoms with Gasteiger partial charge >= 0.3 is 0 Å². The van der Waals surface area contributed by atoms with E-state index >= 15 is 0 Å². The number of carbonyl (C=O) groups is 1. The van der Waals surface area contributed by atoms with Crippen molar-refractivity contribution in [1.82, 2.24) is 5.32 Å². The third kappa shape index (κ3) is 3.38. The monoisotopic (exact) mass is 448 g/mol. The van der Waals surface area contributed by atoms with Crippen LogP contribution in [-0.2, 0) is 12.8 Å². The molecule has 2 atom stereocenters. The summed E-state index contributed by atoms with van der Waals surface area (Å²) in [6, 6.07) is 5.89. The Hall–Kier alpha value is -1.53. The van der Waals surface area contributed by atoms with E-state index in [-0.39, 0.29) is 12.1 Å². The molecule has 0 saturated heterocycles. The van der Waals surface area contributed by atoms with Gasteiger partial charge in [-0.3, -0.25) is 4.79 Å². The Morgan fingerprint density at radius 2 is 2.04 bits per heavy atom. The molecule has 6 heteroatoms. The second kappa shape index (κ2) is 6.82. The van der Waals surface area contributed by atoms with E-state index in [1.807, 2.05) is 18.2 Å². The van der Waals surface area contributed by atoms with Gasteiger partial charge in [0.1, 0.15) is 16.9 Å². The fourth-order valence-corrected chi connectivity index (χ4v) is 5.98. The highest BCUT2D eigenvalue weighted by Gasteiger charge is 2.36. The molecular formula is C21H25BrN2O2S. The lowest BCUT2D eigenvalue weighted by Gasteiger charge is -2.34. The average Bonchev–Trinajstić information content (AvgIpc) is 2.98. The van der Waals surface area contributed by atoms with Gasteiger partial charge in [0.05, 0.1) is 17.1 Å². The van der Waals surface area contributed by atoms with Crippen molar-refractivity contribution in [2.75, 3.05) is 12.4 Å². The Balaban J connectivity index is 1.63. The molecule has 1 aliphatic heterocycles. The molecule has 2 unspecified atom stereocenters. The summed E-state index contributed by atoms with van der Waals surface area (Å²) < 4.78 is 6.18. The molecule has 2 aromatic rings. The predicted octanol–water partition coefficient (Wildman–Crippen LogP) is 5.52. The normalized spacial score (nSPS) is 21.7. The molecule has 27 heavy (non-hydrogen) atoms. The fourth-order valence-electron chi connectivity index (χ4n) is 4.07. The van der Waals surface area contributed by atoms with E-state index in [2.05, 4.69) is 47.3 Å². The number of benzene rings is 1. The summed E-state index contributed by atoms with van der Waals surface area (Å²) in [5, 5.41) is 7.68. The molecule has 4 nitrogen and oxygen atoms in total. The molecule has 0 spiro atoms. The topological polar surface area (TPSA) is 50.4 Å². The Morgan fingerprint density at radius 1 is 1.26 bits per heavy atom. The van der Waals surface area contributed by atoms with Crippen LogP contribution in [0.5, 0.6) is 5.75 Å².